The van der Waals surface area contributed by atoms with Gasteiger partial charge in [-0.25, -0.2) is 9.97 Å². The number of thiophene rings is 1. The first-order valence-corrected chi connectivity index (χ1v) is 12.8. The molecule has 0 saturated heterocycles. The Morgan fingerprint density at radius 1 is 0.618 bits per heavy atom. The van der Waals surface area contributed by atoms with Gasteiger partial charge in [-0.2, -0.15) is 0 Å². The second-order valence-corrected chi connectivity index (χ2v) is 11.2. The van der Waals surface area contributed by atoms with Gasteiger partial charge in [-0.3, -0.25) is 0 Å². The Morgan fingerprint density at radius 2 is 1.26 bits per heavy atom. The standard InChI is InChI=1S/C31H16N2S/c1-2-4-22-19(3-1)30-23(34-22)13-32-31(33-30)21-12-18-10-16-6-5-14-9-15-7-8-17-11-20(21)29-27(17)25(15)24(14)26(16)28(18)29/h1-8,12-13H,9-11H2. The first-order chi connectivity index (χ1) is 16.8. The molecular formula is C31H16N2S. The molecule has 156 valence electrons. The minimum atomic E-state index is 0.872. The molecule has 3 aliphatic carbocycles. The van der Waals surface area contributed by atoms with E-state index in [1.807, 2.05) is 6.20 Å². The average molecular weight is 449 g/mol. The van der Waals surface area contributed by atoms with Crippen molar-refractivity contribution in [3.05, 3.63) is 94.2 Å². The van der Waals surface area contributed by atoms with Gasteiger partial charge in [0.25, 0.3) is 0 Å². The van der Waals surface area contributed by atoms with Crippen LogP contribution in [0.3, 0.4) is 0 Å². The van der Waals surface area contributed by atoms with Crippen molar-refractivity contribution >= 4 is 64.0 Å². The highest BCUT2D eigenvalue weighted by Crippen LogP contribution is 2.54. The van der Waals surface area contributed by atoms with Crippen molar-refractivity contribution in [2.45, 2.75) is 19.3 Å². The highest BCUT2D eigenvalue weighted by Gasteiger charge is 2.33. The quantitative estimate of drug-likeness (QED) is 0.241. The maximum Gasteiger partial charge on any atom is 0.160 e. The van der Waals surface area contributed by atoms with Crippen molar-refractivity contribution in [3.8, 4) is 11.4 Å². The van der Waals surface area contributed by atoms with Gasteiger partial charge in [-0.05, 0) is 97.1 Å². The molecule has 0 amide bonds. The first kappa shape index (κ1) is 16.7. The van der Waals surface area contributed by atoms with E-state index >= 15 is 0 Å². The van der Waals surface area contributed by atoms with Crippen molar-refractivity contribution in [1.82, 2.24) is 9.97 Å². The molecule has 10 rings (SSSR count). The molecule has 5 aromatic carbocycles. The molecular weight excluding hydrogens is 432 g/mol. The smallest absolute Gasteiger partial charge is 0.160 e. The molecule has 0 spiro atoms. The van der Waals surface area contributed by atoms with Crippen molar-refractivity contribution in [1.29, 1.82) is 0 Å². The number of hydrogen-bond donors (Lipinski definition) is 0. The molecule has 2 aromatic heterocycles. The van der Waals surface area contributed by atoms with E-state index in [4.69, 9.17) is 9.97 Å². The van der Waals surface area contributed by atoms with Crippen LogP contribution in [-0.4, -0.2) is 9.97 Å². The molecule has 0 atom stereocenters. The first-order valence-electron chi connectivity index (χ1n) is 12.0. The second kappa shape index (κ2) is 5.29. The normalized spacial score (nSPS) is 14.7. The highest BCUT2D eigenvalue weighted by molar-refractivity contribution is 7.25. The number of fused-ring (bicyclic) bond motifs is 3. The van der Waals surface area contributed by atoms with Gasteiger partial charge in [0.2, 0.25) is 0 Å². The summed E-state index contributed by atoms with van der Waals surface area (Å²) in [7, 11) is 0. The van der Waals surface area contributed by atoms with E-state index in [2.05, 4.69) is 54.6 Å². The zero-order chi connectivity index (χ0) is 21.7. The fraction of sp³-hybridized carbons (Fsp3) is 0.0968. The SMILES string of the molecule is c1ccc2c(c1)sc1cnc(-c3cc4c5c6c(ccc7c6c6c(ccc8c6c5c3C8)C7)C4)nc12. The molecule has 0 radical (unpaired) electrons. The molecule has 7 aromatic rings. The van der Waals surface area contributed by atoms with Crippen LogP contribution in [-0.2, 0) is 19.3 Å². The van der Waals surface area contributed by atoms with Gasteiger partial charge in [0.1, 0.15) is 0 Å². The molecule has 3 aliphatic rings. The molecule has 0 N–H and O–H groups in total. The van der Waals surface area contributed by atoms with Gasteiger partial charge >= 0.3 is 0 Å². The van der Waals surface area contributed by atoms with E-state index in [0.717, 1.165) is 35.3 Å². The fourth-order valence-electron chi connectivity index (χ4n) is 7.21. The minimum Gasteiger partial charge on any atom is -0.235 e. The summed E-state index contributed by atoms with van der Waals surface area (Å²) in [5, 5.41) is 10.3. The van der Waals surface area contributed by atoms with E-state index < -0.39 is 0 Å². The zero-order valence-electron chi connectivity index (χ0n) is 18.2. The summed E-state index contributed by atoms with van der Waals surface area (Å²) >= 11 is 1.78. The lowest BCUT2D eigenvalue weighted by molar-refractivity contribution is 1.19. The van der Waals surface area contributed by atoms with Crippen LogP contribution in [0.2, 0.25) is 0 Å². The highest BCUT2D eigenvalue weighted by atomic mass is 32.1. The molecule has 34 heavy (non-hydrogen) atoms. The summed E-state index contributed by atoms with van der Waals surface area (Å²) in [5.74, 6) is 0.872. The van der Waals surface area contributed by atoms with Crippen LogP contribution >= 0.6 is 11.3 Å². The summed E-state index contributed by atoms with van der Waals surface area (Å²) in [6.07, 6.45) is 5.10. The van der Waals surface area contributed by atoms with Gasteiger partial charge in [0.15, 0.2) is 5.82 Å². The molecule has 0 fully saturated rings. The lowest BCUT2D eigenvalue weighted by Crippen LogP contribution is -1.95. The summed E-state index contributed by atoms with van der Waals surface area (Å²) in [5.41, 5.74) is 11.2. The average Bonchev–Trinajstić information content (AvgIpc) is 3.61. The van der Waals surface area contributed by atoms with Crippen molar-refractivity contribution in [2.75, 3.05) is 0 Å². The van der Waals surface area contributed by atoms with Crippen LogP contribution in [0.15, 0.2) is 60.8 Å². The number of benzene rings is 5. The van der Waals surface area contributed by atoms with Gasteiger partial charge in [0, 0.05) is 21.8 Å². The van der Waals surface area contributed by atoms with E-state index in [-0.39, 0.29) is 0 Å². The van der Waals surface area contributed by atoms with Crippen molar-refractivity contribution in [2.24, 2.45) is 0 Å². The Bertz CT molecular complexity index is 2110. The van der Waals surface area contributed by atoms with Crippen LogP contribution in [0.25, 0.3) is 64.0 Å². The number of aromatic nitrogens is 2. The Balaban J connectivity index is 1.38. The Hall–Kier alpha value is -3.82. The number of nitrogens with zero attached hydrogens (tertiary/aromatic N) is 2. The largest absolute Gasteiger partial charge is 0.235 e. The third-order valence-corrected chi connectivity index (χ3v) is 9.60. The summed E-state index contributed by atoms with van der Waals surface area (Å²) < 4.78 is 2.44. The fourth-order valence-corrected chi connectivity index (χ4v) is 8.23. The predicted octanol–water partition coefficient (Wildman–Crippen LogP) is 7.68. The van der Waals surface area contributed by atoms with E-state index in [1.54, 1.807) is 16.7 Å². The van der Waals surface area contributed by atoms with E-state index in [1.165, 1.54) is 76.0 Å². The third-order valence-electron chi connectivity index (χ3n) is 8.51. The Morgan fingerprint density at radius 3 is 2.06 bits per heavy atom. The third kappa shape index (κ3) is 1.71. The lowest BCUT2D eigenvalue weighted by Gasteiger charge is -2.12. The lowest BCUT2D eigenvalue weighted by atomic mass is 9.92. The Kier molecular flexibility index (Phi) is 2.60. The molecule has 0 unspecified atom stereocenters. The van der Waals surface area contributed by atoms with Crippen molar-refractivity contribution in [3.63, 3.8) is 0 Å². The minimum absolute atomic E-state index is 0.872. The molecule has 0 aliphatic heterocycles. The molecule has 0 bridgehead atoms. The maximum atomic E-state index is 5.19. The summed E-state index contributed by atoms with van der Waals surface area (Å²) in [4.78, 5) is 10.1. The van der Waals surface area contributed by atoms with E-state index in [9.17, 15) is 0 Å². The van der Waals surface area contributed by atoms with Crippen LogP contribution in [0, 0.1) is 0 Å². The van der Waals surface area contributed by atoms with Crippen LogP contribution < -0.4 is 0 Å². The zero-order valence-corrected chi connectivity index (χ0v) is 19.0. The van der Waals surface area contributed by atoms with Crippen LogP contribution in [0.1, 0.15) is 33.4 Å². The predicted molar refractivity (Wildman–Crippen MR) is 141 cm³/mol. The topological polar surface area (TPSA) is 25.8 Å². The number of hydrogen-bond acceptors (Lipinski definition) is 3. The number of rotatable bonds is 1. The van der Waals surface area contributed by atoms with Gasteiger partial charge in [0.05, 0.1) is 10.2 Å². The van der Waals surface area contributed by atoms with Gasteiger partial charge in [-0.15, -0.1) is 11.3 Å². The maximum absolute atomic E-state index is 5.19. The second-order valence-electron chi connectivity index (χ2n) is 10.1. The monoisotopic (exact) mass is 448 g/mol. The molecule has 2 nitrogen and oxygen atoms in total. The molecule has 0 saturated carbocycles. The van der Waals surface area contributed by atoms with E-state index in [0.29, 0.717) is 0 Å². The van der Waals surface area contributed by atoms with Crippen LogP contribution in [0.5, 0.6) is 0 Å². The molecule has 2 heterocycles. The van der Waals surface area contributed by atoms with Gasteiger partial charge < -0.3 is 0 Å². The van der Waals surface area contributed by atoms with Crippen LogP contribution in [0.4, 0.5) is 0 Å². The van der Waals surface area contributed by atoms with Crippen molar-refractivity contribution < 1.29 is 0 Å². The van der Waals surface area contributed by atoms with Gasteiger partial charge in [-0.1, -0.05) is 42.5 Å². The Labute approximate surface area is 198 Å². The molecule has 3 heteroatoms. The summed E-state index contributed by atoms with van der Waals surface area (Å²) in [6.45, 7) is 0. The summed E-state index contributed by atoms with van der Waals surface area (Å²) in [6, 6.07) is 20.5.